The van der Waals surface area contributed by atoms with E-state index in [-0.39, 0.29) is 5.15 Å². The Bertz CT molecular complexity index is 780. The number of nitrogens with zero attached hydrogens (tertiary/aromatic N) is 4. The van der Waals surface area contributed by atoms with E-state index in [2.05, 4.69) is 25.3 Å². The Morgan fingerprint density at radius 2 is 1.95 bits per heavy atom. The SMILES string of the molecule is COc1ccccc1CNc1nc(Cl)c2nccnc2n1. The van der Waals surface area contributed by atoms with Crippen molar-refractivity contribution in [2.45, 2.75) is 6.54 Å². The topological polar surface area (TPSA) is 72.8 Å². The van der Waals surface area contributed by atoms with Gasteiger partial charge in [0.25, 0.3) is 0 Å². The lowest BCUT2D eigenvalue weighted by Crippen LogP contribution is -2.06. The van der Waals surface area contributed by atoms with Gasteiger partial charge in [-0.05, 0) is 6.07 Å². The second-order valence-corrected chi connectivity index (χ2v) is 4.59. The van der Waals surface area contributed by atoms with Crippen LogP contribution < -0.4 is 10.1 Å². The van der Waals surface area contributed by atoms with Crippen LogP contribution in [0.4, 0.5) is 5.95 Å². The van der Waals surface area contributed by atoms with E-state index in [1.807, 2.05) is 24.3 Å². The van der Waals surface area contributed by atoms with Crippen LogP contribution in [0.5, 0.6) is 5.75 Å². The van der Waals surface area contributed by atoms with Crippen LogP contribution in [0.15, 0.2) is 36.7 Å². The Balaban J connectivity index is 1.85. The molecule has 1 N–H and O–H groups in total. The number of methoxy groups -OCH3 is 1. The summed E-state index contributed by atoms with van der Waals surface area (Å²) in [5.74, 6) is 1.20. The van der Waals surface area contributed by atoms with Crippen molar-refractivity contribution >= 4 is 28.7 Å². The van der Waals surface area contributed by atoms with Gasteiger partial charge >= 0.3 is 0 Å². The fraction of sp³-hybridized carbons (Fsp3) is 0.143. The first-order chi connectivity index (χ1) is 10.3. The highest BCUT2D eigenvalue weighted by molar-refractivity contribution is 6.33. The van der Waals surface area contributed by atoms with Gasteiger partial charge in [-0.2, -0.15) is 9.97 Å². The molecule has 0 aliphatic heterocycles. The number of benzene rings is 1. The number of anilines is 1. The van der Waals surface area contributed by atoms with E-state index in [9.17, 15) is 0 Å². The summed E-state index contributed by atoms with van der Waals surface area (Å²) in [6, 6.07) is 7.73. The van der Waals surface area contributed by atoms with E-state index < -0.39 is 0 Å². The lowest BCUT2D eigenvalue weighted by atomic mass is 10.2. The Morgan fingerprint density at radius 1 is 1.14 bits per heavy atom. The van der Waals surface area contributed by atoms with E-state index >= 15 is 0 Å². The lowest BCUT2D eigenvalue weighted by molar-refractivity contribution is 0.410. The molecule has 7 heteroatoms. The number of rotatable bonds is 4. The molecule has 0 bridgehead atoms. The van der Waals surface area contributed by atoms with Crippen molar-refractivity contribution in [3.63, 3.8) is 0 Å². The number of fused-ring (bicyclic) bond motifs is 1. The number of hydrogen-bond acceptors (Lipinski definition) is 6. The third-order valence-electron chi connectivity index (χ3n) is 2.92. The Labute approximate surface area is 126 Å². The third-order valence-corrected chi connectivity index (χ3v) is 3.18. The number of ether oxygens (including phenoxy) is 1. The maximum absolute atomic E-state index is 6.08. The van der Waals surface area contributed by atoms with E-state index in [1.54, 1.807) is 19.5 Å². The van der Waals surface area contributed by atoms with Gasteiger partial charge in [0.1, 0.15) is 11.3 Å². The molecule has 2 heterocycles. The predicted molar refractivity (Wildman–Crippen MR) is 80.5 cm³/mol. The predicted octanol–water partition coefficient (Wildman–Crippen LogP) is 2.69. The van der Waals surface area contributed by atoms with Crippen molar-refractivity contribution < 1.29 is 4.74 Å². The summed E-state index contributed by atoms with van der Waals surface area (Å²) in [5, 5.41) is 3.39. The second-order valence-electron chi connectivity index (χ2n) is 4.23. The summed E-state index contributed by atoms with van der Waals surface area (Å²) in [7, 11) is 1.64. The maximum atomic E-state index is 6.08. The molecule has 0 unspecified atom stereocenters. The minimum atomic E-state index is 0.274. The summed E-state index contributed by atoms with van der Waals surface area (Å²) in [5.41, 5.74) is 1.95. The Hall–Kier alpha value is -2.47. The largest absolute Gasteiger partial charge is 0.496 e. The molecule has 0 spiro atoms. The molecule has 1 aromatic carbocycles. The van der Waals surface area contributed by atoms with E-state index in [4.69, 9.17) is 16.3 Å². The van der Waals surface area contributed by atoms with Gasteiger partial charge in [-0.25, -0.2) is 9.97 Å². The van der Waals surface area contributed by atoms with Gasteiger partial charge in [0.2, 0.25) is 5.95 Å². The molecule has 21 heavy (non-hydrogen) atoms. The molecule has 0 fully saturated rings. The molecule has 0 amide bonds. The monoisotopic (exact) mass is 301 g/mol. The van der Waals surface area contributed by atoms with Crippen LogP contribution in [0, 0.1) is 0 Å². The average Bonchev–Trinajstić information content (AvgIpc) is 2.53. The van der Waals surface area contributed by atoms with Crippen LogP contribution in [0.25, 0.3) is 11.2 Å². The fourth-order valence-electron chi connectivity index (χ4n) is 1.93. The van der Waals surface area contributed by atoms with Crippen molar-refractivity contribution in [2.24, 2.45) is 0 Å². The minimum absolute atomic E-state index is 0.274. The number of halogens is 1. The first-order valence-electron chi connectivity index (χ1n) is 6.28. The molecule has 0 aliphatic carbocycles. The summed E-state index contributed by atoms with van der Waals surface area (Å²) in [6.45, 7) is 0.520. The molecule has 0 saturated heterocycles. The van der Waals surface area contributed by atoms with E-state index in [0.717, 1.165) is 11.3 Å². The highest BCUT2D eigenvalue weighted by Gasteiger charge is 2.08. The zero-order chi connectivity index (χ0) is 14.7. The van der Waals surface area contributed by atoms with Gasteiger partial charge in [-0.15, -0.1) is 0 Å². The van der Waals surface area contributed by atoms with E-state index in [0.29, 0.717) is 23.7 Å². The first kappa shape index (κ1) is 13.5. The smallest absolute Gasteiger partial charge is 0.226 e. The van der Waals surface area contributed by atoms with Gasteiger partial charge in [0.05, 0.1) is 7.11 Å². The van der Waals surface area contributed by atoms with Crippen LogP contribution in [0.2, 0.25) is 5.15 Å². The lowest BCUT2D eigenvalue weighted by Gasteiger charge is -2.09. The van der Waals surface area contributed by atoms with Gasteiger partial charge in [0, 0.05) is 24.5 Å². The molecule has 6 nitrogen and oxygen atoms in total. The molecule has 2 aromatic heterocycles. The molecular formula is C14H12ClN5O. The standard InChI is InChI=1S/C14H12ClN5O/c1-21-10-5-3-2-4-9(10)8-18-14-19-12(15)11-13(20-14)17-7-6-16-11/h2-7H,8H2,1H3,(H,17,18,19,20). The molecule has 0 atom stereocenters. The number of hydrogen-bond donors (Lipinski definition) is 1. The number of nitrogens with one attached hydrogen (secondary N) is 1. The van der Waals surface area contributed by atoms with Gasteiger partial charge in [-0.3, -0.25) is 0 Å². The quantitative estimate of drug-likeness (QED) is 0.747. The maximum Gasteiger partial charge on any atom is 0.226 e. The fourth-order valence-corrected chi connectivity index (χ4v) is 2.14. The summed E-state index contributed by atoms with van der Waals surface area (Å²) in [6.07, 6.45) is 3.12. The van der Waals surface area contributed by atoms with Crippen molar-refractivity contribution in [3.05, 3.63) is 47.4 Å². The summed E-state index contributed by atoms with van der Waals surface area (Å²) < 4.78 is 5.30. The molecule has 0 saturated carbocycles. The molecule has 0 radical (unpaired) electrons. The van der Waals surface area contributed by atoms with Crippen LogP contribution in [0.1, 0.15) is 5.56 Å². The molecular weight excluding hydrogens is 290 g/mol. The second kappa shape index (κ2) is 5.88. The van der Waals surface area contributed by atoms with E-state index in [1.165, 1.54) is 0 Å². The van der Waals surface area contributed by atoms with Crippen molar-refractivity contribution in [1.82, 2.24) is 19.9 Å². The summed E-state index contributed by atoms with van der Waals surface area (Å²) >= 11 is 6.08. The Kier molecular flexibility index (Phi) is 3.79. The first-order valence-corrected chi connectivity index (χ1v) is 6.66. The normalized spacial score (nSPS) is 10.6. The zero-order valence-electron chi connectivity index (χ0n) is 11.2. The third kappa shape index (κ3) is 2.85. The number of para-hydroxylation sites is 1. The van der Waals surface area contributed by atoms with Crippen LogP contribution >= 0.6 is 11.6 Å². The van der Waals surface area contributed by atoms with Gasteiger partial charge in [-0.1, -0.05) is 29.8 Å². The Morgan fingerprint density at radius 3 is 2.81 bits per heavy atom. The average molecular weight is 302 g/mol. The van der Waals surface area contributed by atoms with Gasteiger partial charge in [0.15, 0.2) is 10.8 Å². The highest BCUT2D eigenvalue weighted by Crippen LogP contribution is 2.20. The zero-order valence-corrected chi connectivity index (χ0v) is 12.0. The van der Waals surface area contributed by atoms with Crippen LogP contribution in [-0.4, -0.2) is 27.0 Å². The molecule has 3 rings (SSSR count). The molecule has 106 valence electrons. The highest BCUT2D eigenvalue weighted by atomic mass is 35.5. The summed E-state index contributed by atoms with van der Waals surface area (Å²) in [4.78, 5) is 16.7. The van der Waals surface area contributed by atoms with Crippen molar-refractivity contribution in [3.8, 4) is 5.75 Å². The minimum Gasteiger partial charge on any atom is -0.496 e. The van der Waals surface area contributed by atoms with Gasteiger partial charge < -0.3 is 10.1 Å². The molecule has 0 aliphatic rings. The van der Waals surface area contributed by atoms with Crippen LogP contribution in [0.3, 0.4) is 0 Å². The van der Waals surface area contributed by atoms with Crippen molar-refractivity contribution in [1.29, 1.82) is 0 Å². The number of aromatic nitrogens is 4. The van der Waals surface area contributed by atoms with Crippen molar-refractivity contribution in [2.75, 3.05) is 12.4 Å². The van der Waals surface area contributed by atoms with Crippen LogP contribution in [-0.2, 0) is 6.54 Å². The molecule has 3 aromatic rings.